The molecule has 0 aromatic heterocycles. The Hall–Kier alpha value is -0.0800. The smallest absolute Gasteiger partial charge is 0.0110 e. The van der Waals surface area contributed by atoms with Crippen LogP contribution in [0.3, 0.4) is 0 Å². The third kappa shape index (κ3) is 3.48. The molecule has 1 aliphatic carbocycles. The van der Waals surface area contributed by atoms with E-state index < -0.39 is 0 Å². The maximum absolute atomic E-state index is 3.65. The van der Waals surface area contributed by atoms with E-state index in [1.807, 2.05) is 0 Å². The van der Waals surface area contributed by atoms with Crippen molar-refractivity contribution in [3.05, 3.63) is 0 Å². The van der Waals surface area contributed by atoms with Gasteiger partial charge in [-0.3, -0.25) is 0 Å². The number of hydrogen-bond acceptors (Lipinski definition) is 2. The van der Waals surface area contributed by atoms with E-state index in [-0.39, 0.29) is 0 Å². The predicted molar refractivity (Wildman–Crippen MR) is 78.9 cm³/mol. The van der Waals surface area contributed by atoms with Crippen molar-refractivity contribution in [2.45, 2.75) is 71.9 Å². The molecule has 3 unspecified atom stereocenters. The van der Waals surface area contributed by atoms with E-state index >= 15 is 0 Å². The Bertz CT molecular complexity index is 254. The number of nitrogens with one attached hydrogen (secondary N) is 1. The fraction of sp³-hybridized carbons (Fsp3) is 1.00. The zero-order valence-electron chi connectivity index (χ0n) is 12.8. The first-order chi connectivity index (χ1) is 8.50. The summed E-state index contributed by atoms with van der Waals surface area (Å²) in [7, 11) is 0. The molecule has 0 radical (unpaired) electrons. The molecular weight excluding hydrogens is 220 g/mol. The monoisotopic (exact) mass is 252 g/mol. The number of rotatable bonds is 3. The van der Waals surface area contributed by atoms with Crippen LogP contribution in [-0.4, -0.2) is 36.6 Å². The molecule has 0 spiro atoms. The molecule has 18 heavy (non-hydrogen) atoms. The molecule has 3 atom stereocenters. The lowest BCUT2D eigenvalue weighted by Crippen LogP contribution is -2.43. The lowest BCUT2D eigenvalue weighted by molar-refractivity contribution is 0.148. The summed E-state index contributed by atoms with van der Waals surface area (Å²) in [5, 5.41) is 3.65. The highest BCUT2D eigenvalue weighted by molar-refractivity contribution is 4.90. The topological polar surface area (TPSA) is 15.3 Å². The van der Waals surface area contributed by atoms with Crippen LogP contribution >= 0.6 is 0 Å². The SMILES string of the molecule is CCNC1CCCC(N2CCC(C(C)(C)C)C2)C1. The summed E-state index contributed by atoms with van der Waals surface area (Å²) in [6, 6.07) is 1.64. The van der Waals surface area contributed by atoms with Gasteiger partial charge in [0, 0.05) is 18.6 Å². The maximum atomic E-state index is 3.65. The van der Waals surface area contributed by atoms with E-state index in [2.05, 4.69) is 37.9 Å². The molecule has 1 N–H and O–H groups in total. The van der Waals surface area contributed by atoms with Gasteiger partial charge in [0.15, 0.2) is 0 Å². The summed E-state index contributed by atoms with van der Waals surface area (Å²) in [6.45, 7) is 13.3. The molecule has 2 nitrogen and oxygen atoms in total. The van der Waals surface area contributed by atoms with Crippen molar-refractivity contribution in [3.63, 3.8) is 0 Å². The summed E-state index contributed by atoms with van der Waals surface area (Å²) in [6.07, 6.45) is 7.02. The van der Waals surface area contributed by atoms with E-state index in [9.17, 15) is 0 Å². The van der Waals surface area contributed by atoms with Gasteiger partial charge in [-0.05, 0) is 50.1 Å². The summed E-state index contributed by atoms with van der Waals surface area (Å²) >= 11 is 0. The molecule has 0 amide bonds. The van der Waals surface area contributed by atoms with Gasteiger partial charge in [0.1, 0.15) is 0 Å². The molecule has 0 aromatic carbocycles. The zero-order chi connectivity index (χ0) is 13.2. The molecule has 2 aliphatic rings. The summed E-state index contributed by atoms with van der Waals surface area (Å²) in [4.78, 5) is 2.79. The lowest BCUT2D eigenvalue weighted by Gasteiger charge is -2.36. The minimum atomic E-state index is 0.491. The average molecular weight is 252 g/mol. The van der Waals surface area contributed by atoms with Crippen molar-refractivity contribution in [2.75, 3.05) is 19.6 Å². The van der Waals surface area contributed by atoms with E-state index in [1.165, 1.54) is 45.2 Å². The van der Waals surface area contributed by atoms with Crippen LogP contribution in [-0.2, 0) is 0 Å². The highest BCUT2D eigenvalue weighted by Crippen LogP contribution is 2.36. The first-order valence-corrected chi connectivity index (χ1v) is 7.98. The first kappa shape index (κ1) is 14.3. The minimum Gasteiger partial charge on any atom is -0.314 e. The zero-order valence-corrected chi connectivity index (χ0v) is 12.8. The molecule has 1 aliphatic heterocycles. The van der Waals surface area contributed by atoms with Gasteiger partial charge < -0.3 is 10.2 Å². The molecule has 0 bridgehead atoms. The van der Waals surface area contributed by atoms with Gasteiger partial charge in [0.25, 0.3) is 0 Å². The van der Waals surface area contributed by atoms with Crippen molar-refractivity contribution >= 4 is 0 Å². The normalized spacial score (nSPS) is 35.0. The Morgan fingerprint density at radius 1 is 1.17 bits per heavy atom. The molecule has 1 saturated carbocycles. The van der Waals surface area contributed by atoms with Gasteiger partial charge in [-0.1, -0.05) is 34.1 Å². The minimum absolute atomic E-state index is 0.491. The van der Waals surface area contributed by atoms with Gasteiger partial charge in [-0.2, -0.15) is 0 Å². The van der Waals surface area contributed by atoms with Crippen LogP contribution in [0, 0.1) is 11.3 Å². The van der Waals surface area contributed by atoms with E-state index in [4.69, 9.17) is 0 Å². The van der Waals surface area contributed by atoms with Crippen LogP contribution in [0.2, 0.25) is 0 Å². The van der Waals surface area contributed by atoms with Gasteiger partial charge >= 0.3 is 0 Å². The van der Waals surface area contributed by atoms with Crippen molar-refractivity contribution in [3.8, 4) is 0 Å². The quantitative estimate of drug-likeness (QED) is 0.829. The third-order valence-electron chi connectivity index (χ3n) is 5.10. The van der Waals surface area contributed by atoms with Gasteiger partial charge in [0.2, 0.25) is 0 Å². The van der Waals surface area contributed by atoms with E-state index in [0.717, 1.165) is 24.5 Å². The standard InChI is InChI=1S/C16H32N2/c1-5-17-14-7-6-8-15(11-14)18-10-9-13(12-18)16(2,3)4/h13-15,17H,5-12H2,1-4H3. The number of nitrogens with zero attached hydrogens (tertiary/aromatic N) is 1. The highest BCUT2D eigenvalue weighted by atomic mass is 15.2. The third-order valence-corrected chi connectivity index (χ3v) is 5.10. The second-order valence-electron chi connectivity index (χ2n) is 7.42. The Morgan fingerprint density at radius 3 is 2.56 bits per heavy atom. The van der Waals surface area contributed by atoms with Crippen LogP contribution in [0.25, 0.3) is 0 Å². The fourth-order valence-corrected chi connectivity index (χ4v) is 3.80. The fourth-order valence-electron chi connectivity index (χ4n) is 3.80. The van der Waals surface area contributed by atoms with E-state index in [0.29, 0.717) is 5.41 Å². The van der Waals surface area contributed by atoms with Crippen LogP contribution in [0.5, 0.6) is 0 Å². The summed E-state index contributed by atoms with van der Waals surface area (Å²) < 4.78 is 0. The Labute approximate surface area is 114 Å². The molecule has 2 rings (SSSR count). The number of hydrogen-bond donors (Lipinski definition) is 1. The van der Waals surface area contributed by atoms with Crippen molar-refractivity contribution < 1.29 is 0 Å². The Kier molecular flexibility index (Phi) is 4.71. The second kappa shape index (κ2) is 5.92. The molecule has 1 heterocycles. The van der Waals surface area contributed by atoms with Crippen molar-refractivity contribution in [1.82, 2.24) is 10.2 Å². The molecule has 0 aromatic rings. The van der Waals surface area contributed by atoms with Crippen LogP contribution in [0.1, 0.15) is 59.8 Å². The Balaban J connectivity index is 1.85. The maximum Gasteiger partial charge on any atom is 0.0110 e. The van der Waals surface area contributed by atoms with Crippen molar-refractivity contribution in [2.24, 2.45) is 11.3 Å². The molecule has 2 fully saturated rings. The van der Waals surface area contributed by atoms with Crippen LogP contribution in [0.4, 0.5) is 0 Å². The highest BCUT2D eigenvalue weighted by Gasteiger charge is 2.36. The first-order valence-electron chi connectivity index (χ1n) is 7.98. The molecular formula is C16H32N2. The van der Waals surface area contributed by atoms with E-state index in [1.54, 1.807) is 0 Å². The molecule has 106 valence electrons. The summed E-state index contributed by atoms with van der Waals surface area (Å²) in [5.74, 6) is 0.900. The summed E-state index contributed by atoms with van der Waals surface area (Å²) in [5.41, 5.74) is 0.491. The lowest BCUT2D eigenvalue weighted by atomic mass is 9.80. The number of likely N-dealkylation sites (tertiary alicyclic amines) is 1. The van der Waals surface area contributed by atoms with Crippen molar-refractivity contribution in [1.29, 1.82) is 0 Å². The van der Waals surface area contributed by atoms with Gasteiger partial charge in [-0.15, -0.1) is 0 Å². The predicted octanol–water partition coefficient (Wildman–Crippen LogP) is 3.28. The second-order valence-corrected chi connectivity index (χ2v) is 7.42. The largest absolute Gasteiger partial charge is 0.314 e. The van der Waals surface area contributed by atoms with Gasteiger partial charge in [-0.25, -0.2) is 0 Å². The Morgan fingerprint density at radius 2 is 1.94 bits per heavy atom. The molecule has 1 saturated heterocycles. The van der Waals surface area contributed by atoms with Gasteiger partial charge in [0.05, 0.1) is 0 Å². The van der Waals surface area contributed by atoms with Crippen LogP contribution < -0.4 is 5.32 Å². The molecule has 2 heteroatoms. The van der Waals surface area contributed by atoms with Crippen LogP contribution in [0.15, 0.2) is 0 Å². The average Bonchev–Trinajstić information content (AvgIpc) is 2.78.